The average Bonchev–Trinajstić information content (AvgIpc) is 3.41. The van der Waals surface area contributed by atoms with Crippen LogP contribution in [0, 0.1) is 5.92 Å². The number of carbonyl (C=O) groups excluding carboxylic acids is 2. The highest BCUT2D eigenvalue weighted by molar-refractivity contribution is 8.76. The minimum absolute atomic E-state index is 0.0611. The molecule has 4 aromatic rings. The van der Waals surface area contributed by atoms with Crippen LogP contribution in [0.15, 0.2) is 119 Å². The van der Waals surface area contributed by atoms with Gasteiger partial charge >= 0.3 is 0 Å². The molecule has 1 saturated carbocycles. The Kier molecular flexibility index (Phi) is 8.84. The minimum Gasteiger partial charge on any atom is -0.380 e. The second-order valence-corrected chi connectivity index (χ2v) is 11.5. The summed E-state index contributed by atoms with van der Waals surface area (Å²) in [5, 5.41) is 3.56. The maximum absolute atomic E-state index is 13.7. The van der Waals surface area contributed by atoms with Gasteiger partial charge in [0, 0.05) is 28.4 Å². The van der Waals surface area contributed by atoms with Gasteiger partial charge < -0.3 is 10.2 Å². The first-order chi connectivity index (χ1) is 18.7. The number of anilines is 2. The van der Waals surface area contributed by atoms with Gasteiger partial charge in [0.2, 0.25) is 5.91 Å². The number of nitrogens with zero attached hydrogens (tertiary/aromatic N) is 1. The van der Waals surface area contributed by atoms with E-state index in [1.807, 2.05) is 83.8 Å². The predicted molar refractivity (Wildman–Crippen MR) is 158 cm³/mol. The number of ketones is 1. The summed E-state index contributed by atoms with van der Waals surface area (Å²) in [5.41, 5.74) is 4.17. The molecule has 1 N–H and O–H groups in total. The zero-order chi connectivity index (χ0) is 26.2. The number of rotatable bonds is 10. The molecule has 192 valence electrons. The summed E-state index contributed by atoms with van der Waals surface area (Å²) in [7, 11) is 3.30. The molecule has 1 amide bonds. The second-order valence-electron chi connectivity index (χ2n) is 9.29. The van der Waals surface area contributed by atoms with Gasteiger partial charge in [-0.05, 0) is 48.2 Å². The number of Topliss-reactive ketones (excluding diaryl/α,β-unsaturated/α-hetero) is 1. The summed E-state index contributed by atoms with van der Waals surface area (Å²) in [6, 6.07) is 36.6. The van der Waals surface area contributed by atoms with Crippen LogP contribution in [0.1, 0.15) is 30.4 Å². The van der Waals surface area contributed by atoms with Crippen molar-refractivity contribution >= 4 is 44.7 Å². The largest absolute Gasteiger partial charge is 0.380 e. The molecule has 6 heteroatoms. The lowest BCUT2D eigenvalue weighted by Crippen LogP contribution is -2.37. The summed E-state index contributed by atoms with van der Waals surface area (Å²) in [5.74, 6) is -0.586. The minimum atomic E-state index is -0.549. The van der Waals surface area contributed by atoms with Crippen LogP contribution >= 0.6 is 21.6 Å². The summed E-state index contributed by atoms with van der Waals surface area (Å²) >= 11 is 0. The molecule has 0 spiro atoms. The third kappa shape index (κ3) is 6.50. The molecule has 0 aromatic heterocycles. The van der Waals surface area contributed by atoms with Crippen molar-refractivity contribution in [3.05, 3.63) is 120 Å². The highest BCUT2D eigenvalue weighted by Gasteiger charge is 2.35. The number of hydrogen-bond donors (Lipinski definition) is 1. The lowest BCUT2D eigenvalue weighted by molar-refractivity contribution is -0.130. The Labute approximate surface area is 232 Å². The van der Waals surface area contributed by atoms with Crippen LogP contribution in [0.4, 0.5) is 11.4 Å². The molecule has 0 radical (unpaired) electrons. The fraction of sp³-hybridized carbons (Fsp3) is 0.188. The molecule has 1 fully saturated rings. The van der Waals surface area contributed by atoms with E-state index in [-0.39, 0.29) is 11.7 Å². The fourth-order valence-electron chi connectivity index (χ4n) is 4.63. The van der Waals surface area contributed by atoms with Crippen molar-refractivity contribution in [2.75, 3.05) is 10.2 Å². The van der Waals surface area contributed by atoms with Gasteiger partial charge in [-0.2, -0.15) is 0 Å². The van der Waals surface area contributed by atoms with Crippen LogP contribution in [0.3, 0.4) is 0 Å². The highest BCUT2D eigenvalue weighted by atomic mass is 33.1. The van der Waals surface area contributed by atoms with Gasteiger partial charge in [-0.1, -0.05) is 107 Å². The third-order valence-electron chi connectivity index (χ3n) is 6.64. The molecule has 1 aliphatic carbocycles. The summed E-state index contributed by atoms with van der Waals surface area (Å²) < 4.78 is 0. The monoisotopic (exact) mass is 538 g/mol. The van der Waals surface area contributed by atoms with Crippen molar-refractivity contribution in [2.45, 2.75) is 42.1 Å². The summed E-state index contributed by atoms with van der Waals surface area (Å²) in [6.07, 6.45) is 1.91. The molecular formula is C32H30N2O2S2. The highest BCUT2D eigenvalue weighted by Crippen LogP contribution is 2.45. The van der Waals surface area contributed by atoms with Gasteiger partial charge in [0.15, 0.2) is 0 Å². The van der Waals surface area contributed by atoms with E-state index in [0.717, 1.165) is 39.7 Å². The Bertz CT molecular complexity index is 1380. The van der Waals surface area contributed by atoms with E-state index in [2.05, 4.69) is 35.6 Å². The first kappa shape index (κ1) is 26.1. The Hall–Kier alpha value is -3.48. The molecule has 0 aliphatic heterocycles. The van der Waals surface area contributed by atoms with Crippen molar-refractivity contribution in [1.82, 2.24) is 0 Å². The third-order valence-corrected chi connectivity index (χ3v) is 9.11. The first-order valence-corrected chi connectivity index (χ1v) is 15.0. The quantitative estimate of drug-likeness (QED) is 0.164. The second kappa shape index (κ2) is 12.9. The number of amides is 1. The van der Waals surface area contributed by atoms with E-state index in [9.17, 15) is 9.59 Å². The van der Waals surface area contributed by atoms with E-state index in [0.29, 0.717) is 19.4 Å². The van der Waals surface area contributed by atoms with E-state index in [4.69, 9.17) is 0 Å². The van der Waals surface area contributed by atoms with E-state index >= 15 is 0 Å². The van der Waals surface area contributed by atoms with Gasteiger partial charge in [0.25, 0.3) is 0 Å². The Balaban J connectivity index is 1.38. The van der Waals surface area contributed by atoms with Crippen LogP contribution in [0.2, 0.25) is 0 Å². The molecular weight excluding hydrogens is 508 g/mol. The normalized spacial score (nSPS) is 14.8. The number of nitrogens with one attached hydrogen (secondary N) is 1. The smallest absolute Gasteiger partial charge is 0.237 e. The van der Waals surface area contributed by atoms with E-state index in [1.54, 1.807) is 21.6 Å². The van der Waals surface area contributed by atoms with Crippen molar-refractivity contribution < 1.29 is 9.59 Å². The molecule has 0 bridgehead atoms. The van der Waals surface area contributed by atoms with Crippen molar-refractivity contribution in [2.24, 2.45) is 5.92 Å². The molecule has 1 unspecified atom stereocenters. The van der Waals surface area contributed by atoms with Crippen LogP contribution in [0.25, 0.3) is 0 Å². The molecule has 1 aliphatic rings. The maximum atomic E-state index is 13.7. The molecule has 5 rings (SSSR count). The number of para-hydroxylation sites is 2. The molecule has 4 aromatic carbocycles. The molecule has 1 atom stereocenters. The van der Waals surface area contributed by atoms with E-state index in [1.165, 1.54) is 5.56 Å². The maximum Gasteiger partial charge on any atom is 0.237 e. The van der Waals surface area contributed by atoms with Crippen LogP contribution < -0.4 is 10.2 Å². The molecule has 38 heavy (non-hydrogen) atoms. The SMILES string of the molecule is O=C1CCCC1C(=O)N(Cc1ccccc1)c1ccccc1SSc1ccccc1NCc1ccccc1. The van der Waals surface area contributed by atoms with Crippen molar-refractivity contribution in [3.63, 3.8) is 0 Å². The lowest BCUT2D eigenvalue weighted by Gasteiger charge is -2.27. The number of carbonyl (C=O) groups is 2. The Morgan fingerprint density at radius 1 is 0.763 bits per heavy atom. The number of hydrogen-bond acceptors (Lipinski definition) is 5. The topological polar surface area (TPSA) is 49.4 Å². The van der Waals surface area contributed by atoms with Gasteiger partial charge in [0.05, 0.1) is 18.2 Å². The molecule has 4 nitrogen and oxygen atoms in total. The Morgan fingerprint density at radius 3 is 2.08 bits per heavy atom. The van der Waals surface area contributed by atoms with E-state index < -0.39 is 5.92 Å². The Morgan fingerprint density at radius 2 is 1.37 bits per heavy atom. The molecule has 0 heterocycles. The van der Waals surface area contributed by atoms with Crippen LogP contribution in [-0.4, -0.2) is 11.7 Å². The number of benzene rings is 4. The van der Waals surface area contributed by atoms with Crippen molar-refractivity contribution in [1.29, 1.82) is 0 Å². The fourth-order valence-corrected chi connectivity index (χ4v) is 6.97. The zero-order valence-corrected chi connectivity index (χ0v) is 22.7. The summed E-state index contributed by atoms with van der Waals surface area (Å²) in [4.78, 5) is 30.2. The first-order valence-electron chi connectivity index (χ1n) is 12.9. The lowest BCUT2D eigenvalue weighted by atomic mass is 10.0. The van der Waals surface area contributed by atoms with Gasteiger partial charge in [-0.3, -0.25) is 9.59 Å². The van der Waals surface area contributed by atoms with Crippen LogP contribution in [0.5, 0.6) is 0 Å². The summed E-state index contributed by atoms with van der Waals surface area (Å²) in [6.45, 7) is 1.18. The molecule has 0 saturated heterocycles. The van der Waals surface area contributed by atoms with Crippen molar-refractivity contribution in [3.8, 4) is 0 Å². The predicted octanol–water partition coefficient (Wildman–Crippen LogP) is 8.00. The van der Waals surface area contributed by atoms with Gasteiger partial charge in [-0.15, -0.1) is 0 Å². The van der Waals surface area contributed by atoms with Gasteiger partial charge in [-0.25, -0.2) is 0 Å². The van der Waals surface area contributed by atoms with Crippen LogP contribution in [-0.2, 0) is 22.7 Å². The zero-order valence-electron chi connectivity index (χ0n) is 21.1. The average molecular weight is 539 g/mol. The standard InChI is InChI=1S/C32H30N2O2S2/c35-29-19-11-16-26(29)32(36)34(23-25-14-5-2-6-15-25)28-18-8-10-21-31(28)38-37-30-20-9-7-17-27(30)33-22-24-12-3-1-4-13-24/h1-10,12-15,17-18,20-21,26,33H,11,16,19,22-23H2. The van der Waals surface area contributed by atoms with Gasteiger partial charge in [0.1, 0.15) is 5.78 Å².